The summed E-state index contributed by atoms with van der Waals surface area (Å²) in [4.78, 5) is 13.0. The van der Waals surface area contributed by atoms with Crippen LogP contribution in [0.5, 0.6) is 0 Å². The van der Waals surface area contributed by atoms with Gasteiger partial charge in [-0.1, -0.05) is 30.7 Å². The van der Waals surface area contributed by atoms with Crippen LogP contribution in [-0.4, -0.2) is 15.0 Å². The van der Waals surface area contributed by atoms with E-state index >= 15 is 0 Å². The molecule has 1 N–H and O–H groups in total. The van der Waals surface area contributed by atoms with Crippen molar-refractivity contribution in [3.05, 3.63) is 46.5 Å². The van der Waals surface area contributed by atoms with Gasteiger partial charge in [0.2, 0.25) is 5.95 Å². The summed E-state index contributed by atoms with van der Waals surface area (Å²) < 4.78 is 0. The minimum atomic E-state index is 0.630. The maximum atomic E-state index is 5.85. The summed E-state index contributed by atoms with van der Waals surface area (Å²) >= 11 is 5.85. The largest absolute Gasteiger partial charge is 0.350 e. The molecule has 0 saturated carbocycles. The molecule has 0 atom stereocenters. The van der Waals surface area contributed by atoms with Gasteiger partial charge < -0.3 is 5.32 Å². The van der Waals surface area contributed by atoms with Crippen molar-refractivity contribution in [3.63, 3.8) is 0 Å². The molecular formula is C14H17ClN4. The Bertz CT molecular complexity index is 540. The van der Waals surface area contributed by atoms with Gasteiger partial charge in [0.25, 0.3) is 0 Å². The first-order valence-electron chi connectivity index (χ1n) is 6.37. The van der Waals surface area contributed by atoms with E-state index in [-0.39, 0.29) is 0 Å². The fourth-order valence-electron chi connectivity index (χ4n) is 1.74. The second kappa shape index (κ2) is 6.48. The van der Waals surface area contributed by atoms with E-state index in [0.717, 1.165) is 35.1 Å². The highest BCUT2D eigenvalue weighted by Crippen LogP contribution is 2.11. The van der Waals surface area contributed by atoms with Crippen molar-refractivity contribution in [1.82, 2.24) is 15.0 Å². The summed E-state index contributed by atoms with van der Waals surface area (Å²) in [5.74, 6) is 2.22. The molecule has 1 aromatic heterocycles. The molecular weight excluding hydrogens is 260 g/mol. The average molecular weight is 277 g/mol. The van der Waals surface area contributed by atoms with Gasteiger partial charge in [-0.05, 0) is 31.0 Å². The Kier molecular flexibility index (Phi) is 4.68. The van der Waals surface area contributed by atoms with Gasteiger partial charge in [0.1, 0.15) is 11.6 Å². The third kappa shape index (κ3) is 4.17. The predicted octanol–water partition coefficient (Wildman–Crippen LogP) is 3.40. The number of hydrogen-bond acceptors (Lipinski definition) is 4. The van der Waals surface area contributed by atoms with E-state index in [1.54, 1.807) is 0 Å². The van der Waals surface area contributed by atoms with Crippen LogP contribution in [0.25, 0.3) is 0 Å². The fourth-order valence-corrected chi connectivity index (χ4v) is 1.86. The first kappa shape index (κ1) is 13.7. The van der Waals surface area contributed by atoms with E-state index < -0.39 is 0 Å². The quantitative estimate of drug-likeness (QED) is 0.909. The molecule has 19 heavy (non-hydrogen) atoms. The first-order chi connectivity index (χ1) is 9.17. The number of aryl methyl sites for hydroxylation is 2. The normalized spacial score (nSPS) is 10.5. The zero-order valence-electron chi connectivity index (χ0n) is 11.2. The topological polar surface area (TPSA) is 50.7 Å². The van der Waals surface area contributed by atoms with Gasteiger partial charge in [-0.25, -0.2) is 4.98 Å². The summed E-state index contributed by atoms with van der Waals surface area (Å²) in [6.07, 6.45) is 1.90. The lowest BCUT2D eigenvalue weighted by molar-refractivity contribution is 0.798. The summed E-state index contributed by atoms with van der Waals surface area (Å²) in [6.45, 7) is 4.67. The van der Waals surface area contributed by atoms with Crippen LogP contribution in [0.3, 0.4) is 0 Å². The van der Waals surface area contributed by atoms with Crippen molar-refractivity contribution in [3.8, 4) is 0 Å². The molecule has 0 aliphatic heterocycles. The minimum absolute atomic E-state index is 0.630. The molecule has 100 valence electrons. The third-order valence-electron chi connectivity index (χ3n) is 2.63. The molecule has 0 aliphatic carbocycles. The number of benzene rings is 1. The van der Waals surface area contributed by atoms with Crippen molar-refractivity contribution in [2.24, 2.45) is 0 Å². The number of anilines is 1. The molecule has 2 rings (SSSR count). The zero-order chi connectivity index (χ0) is 13.7. The average Bonchev–Trinajstić information content (AvgIpc) is 2.38. The lowest BCUT2D eigenvalue weighted by Gasteiger charge is -2.07. The van der Waals surface area contributed by atoms with Crippen LogP contribution >= 0.6 is 11.6 Å². The van der Waals surface area contributed by atoms with Gasteiger partial charge in [0, 0.05) is 18.0 Å². The number of nitrogens with zero attached hydrogens (tertiary/aromatic N) is 3. The molecule has 5 heteroatoms. The Balaban J connectivity index is 2.04. The van der Waals surface area contributed by atoms with Crippen LogP contribution in [0.15, 0.2) is 24.3 Å². The van der Waals surface area contributed by atoms with Crippen molar-refractivity contribution in [2.75, 3.05) is 5.32 Å². The van der Waals surface area contributed by atoms with Crippen molar-refractivity contribution >= 4 is 17.5 Å². The Morgan fingerprint density at radius 2 is 1.84 bits per heavy atom. The van der Waals surface area contributed by atoms with Gasteiger partial charge in [0.15, 0.2) is 0 Å². The second-order valence-electron chi connectivity index (χ2n) is 4.35. The van der Waals surface area contributed by atoms with E-state index in [2.05, 4.69) is 27.2 Å². The number of halogens is 1. The smallest absolute Gasteiger partial charge is 0.226 e. The van der Waals surface area contributed by atoms with Crippen LogP contribution in [-0.2, 0) is 13.0 Å². The van der Waals surface area contributed by atoms with Crippen LogP contribution in [0, 0.1) is 6.92 Å². The highest BCUT2D eigenvalue weighted by atomic mass is 35.5. The zero-order valence-corrected chi connectivity index (χ0v) is 11.9. The molecule has 2 aromatic rings. The van der Waals surface area contributed by atoms with Gasteiger partial charge in [-0.2, -0.15) is 9.97 Å². The molecule has 0 unspecified atom stereocenters. The molecule has 1 aromatic carbocycles. The molecule has 0 bridgehead atoms. The fraction of sp³-hybridized carbons (Fsp3) is 0.357. The summed E-state index contributed by atoms with van der Waals surface area (Å²) in [7, 11) is 0. The van der Waals surface area contributed by atoms with E-state index in [1.807, 2.05) is 31.2 Å². The van der Waals surface area contributed by atoms with E-state index in [0.29, 0.717) is 12.5 Å². The maximum absolute atomic E-state index is 5.85. The molecule has 0 fully saturated rings. The molecule has 1 heterocycles. The van der Waals surface area contributed by atoms with Crippen molar-refractivity contribution in [2.45, 2.75) is 33.2 Å². The lowest BCUT2D eigenvalue weighted by atomic mass is 10.2. The molecule has 0 amide bonds. The molecule has 0 radical (unpaired) electrons. The van der Waals surface area contributed by atoms with Crippen molar-refractivity contribution in [1.29, 1.82) is 0 Å². The van der Waals surface area contributed by atoms with E-state index in [4.69, 9.17) is 11.6 Å². The van der Waals surface area contributed by atoms with Gasteiger partial charge in [-0.15, -0.1) is 0 Å². The lowest BCUT2D eigenvalue weighted by Crippen LogP contribution is -2.08. The number of hydrogen-bond donors (Lipinski definition) is 1. The highest BCUT2D eigenvalue weighted by molar-refractivity contribution is 6.30. The van der Waals surface area contributed by atoms with Crippen LogP contribution in [0.2, 0.25) is 5.02 Å². The van der Waals surface area contributed by atoms with E-state index in [1.165, 1.54) is 0 Å². The Labute approximate surface area is 118 Å². The van der Waals surface area contributed by atoms with Crippen molar-refractivity contribution < 1.29 is 0 Å². The van der Waals surface area contributed by atoms with Gasteiger partial charge in [0.05, 0.1) is 0 Å². The Morgan fingerprint density at radius 1 is 1.11 bits per heavy atom. The van der Waals surface area contributed by atoms with Crippen LogP contribution < -0.4 is 5.32 Å². The van der Waals surface area contributed by atoms with Crippen LogP contribution in [0.4, 0.5) is 5.95 Å². The predicted molar refractivity (Wildman–Crippen MR) is 77.3 cm³/mol. The molecule has 0 spiro atoms. The second-order valence-corrected chi connectivity index (χ2v) is 4.79. The molecule has 0 aliphatic rings. The van der Waals surface area contributed by atoms with Gasteiger partial charge >= 0.3 is 0 Å². The SMILES string of the molecule is CCCc1nc(C)nc(NCc2ccc(Cl)cc2)n1. The summed E-state index contributed by atoms with van der Waals surface area (Å²) in [6, 6.07) is 7.71. The number of rotatable bonds is 5. The van der Waals surface area contributed by atoms with Crippen LogP contribution in [0.1, 0.15) is 30.6 Å². The van der Waals surface area contributed by atoms with E-state index in [9.17, 15) is 0 Å². The monoisotopic (exact) mass is 276 g/mol. The molecule has 0 saturated heterocycles. The Hall–Kier alpha value is -1.68. The maximum Gasteiger partial charge on any atom is 0.226 e. The standard InChI is InChI=1S/C14H17ClN4/c1-3-4-13-17-10(2)18-14(19-13)16-9-11-5-7-12(15)8-6-11/h5-8H,3-4,9H2,1-2H3,(H,16,17,18,19). The summed E-state index contributed by atoms with van der Waals surface area (Å²) in [5.41, 5.74) is 1.14. The highest BCUT2D eigenvalue weighted by Gasteiger charge is 2.03. The number of nitrogens with one attached hydrogen (secondary N) is 1. The number of aromatic nitrogens is 3. The third-order valence-corrected chi connectivity index (χ3v) is 2.88. The summed E-state index contributed by atoms with van der Waals surface area (Å²) in [5, 5.41) is 3.96. The molecule has 4 nitrogen and oxygen atoms in total. The first-order valence-corrected chi connectivity index (χ1v) is 6.75. The van der Waals surface area contributed by atoms with Gasteiger partial charge in [-0.3, -0.25) is 0 Å². The minimum Gasteiger partial charge on any atom is -0.350 e. The Morgan fingerprint density at radius 3 is 2.53 bits per heavy atom.